The zero-order valence-electron chi connectivity index (χ0n) is 11.5. The largest absolute Gasteiger partial charge is 0.458 e. The Balaban J connectivity index is 1.71. The van der Waals surface area contributed by atoms with E-state index in [-0.39, 0.29) is 0 Å². The fraction of sp³-hybridized carbons (Fsp3) is 0.500. The van der Waals surface area contributed by atoms with Crippen LogP contribution < -0.4 is 0 Å². The molecule has 102 valence electrons. The van der Waals surface area contributed by atoms with Gasteiger partial charge in [0.1, 0.15) is 17.4 Å². The Morgan fingerprint density at radius 3 is 2.63 bits per heavy atom. The number of β-amino-alcohol motifs (C(OH)–C–C–N with tert-alkyl or cyclic N) is 1. The maximum Gasteiger partial charge on any atom is 0.135 e. The quantitative estimate of drug-likeness (QED) is 0.920. The van der Waals surface area contributed by atoms with Crippen LogP contribution in [0.4, 0.5) is 0 Å². The van der Waals surface area contributed by atoms with E-state index in [1.165, 1.54) is 0 Å². The topological polar surface area (TPSA) is 36.6 Å². The number of furan rings is 1. The summed E-state index contributed by atoms with van der Waals surface area (Å²) in [6.07, 6.45) is -0.537. The van der Waals surface area contributed by atoms with Crippen molar-refractivity contribution in [1.29, 1.82) is 0 Å². The van der Waals surface area contributed by atoms with Crippen LogP contribution in [0.1, 0.15) is 25.7 Å². The Hall–Kier alpha value is -1.32. The lowest BCUT2D eigenvalue weighted by Gasteiger charge is -2.18. The highest BCUT2D eigenvalue weighted by Gasteiger charge is 2.28. The van der Waals surface area contributed by atoms with E-state index in [1.54, 1.807) is 0 Å². The van der Waals surface area contributed by atoms with Crippen LogP contribution in [0.3, 0.4) is 0 Å². The number of benzene rings is 1. The summed E-state index contributed by atoms with van der Waals surface area (Å²) in [6.45, 7) is 7.35. The van der Waals surface area contributed by atoms with E-state index in [4.69, 9.17) is 4.42 Å². The summed E-state index contributed by atoms with van der Waals surface area (Å²) >= 11 is 0. The molecule has 3 heteroatoms. The minimum atomic E-state index is -0.537. The molecule has 1 aromatic heterocycles. The highest BCUT2D eigenvalue weighted by Crippen LogP contribution is 2.27. The summed E-state index contributed by atoms with van der Waals surface area (Å²) in [5.74, 6) is 2.10. The predicted molar refractivity (Wildman–Crippen MR) is 75.9 cm³/mol. The van der Waals surface area contributed by atoms with Gasteiger partial charge in [0.15, 0.2) is 0 Å². The molecule has 3 nitrogen and oxygen atoms in total. The molecule has 1 aromatic carbocycles. The van der Waals surface area contributed by atoms with E-state index in [0.29, 0.717) is 24.1 Å². The monoisotopic (exact) mass is 259 g/mol. The Morgan fingerprint density at radius 1 is 1.26 bits per heavy atom. The summed E-state index contributed by atoms with van der Waals surface area (Å²) in [6, 6.07) is 9.83. The van der Waals surface area contributed by atoms with Crippen molar-refractivity contribution in [2.45, 2.75) is 20.0 Å². The molecule has 3 atom stereocenters. The molecule has 1 N–H and O–H groups in total. The fourth-order valence-corrected chi connectivity index (χ4v) is 2.90. The second-order valence-corrected chi connectivity index (χ2v) is 5.88. The highest BCUT2D eigenvalue weighted by molar-refractivity contribution is 5.77. The molecule has 1 saturated heterocycles. The Bertz CT molecular complexity index is 520. The van der Waals surface area contributed by atoms with Gasteiger partial charge in [-0.05, 0) is 24.0 Å². The van der Waals surface area contributed by atoms with Gasteiger partial charge < -0.3 is 9.52 Å². The lowest BCUT2D eigenvalue weighted by molar-refractivity contribution is 0.105. The second kappa shape index (κ2) is 4.99. The van der Waals surface area contributed by atoms with E-state index in [9.17, 15) is 5.11 Å². The first-order valence-electron chi connectivity index (χ1n) is 7.02. The molecule has 0 amide bonds. The van der Waals surface area contributed by atoms with Gasteiger partial charge in [0, 0.05) is 25.0 Å². The van der Waals surface area contributed by atoms with Gasteiger partial charge in [-0.25, -0.2) is 0 Å². The normalized spacial score (nSPS) is 26.1. The number of fused-ring (bicyclic) bond motifs is 1. The highest BCUT2D eigenvalue weighted by atomic mass is 16.4. The van der Waals surface area contributed by atoms with Crippen LogP contribution in [-0.4, -0.2) is 29.6 Å². The number of nitrogens with zero attached hydrogens (tertiary/aromatic N) is 1. The summed E-state index contributed by atoms with van der Waals surface area (Å²) in [4.78, 5) is 2.33. The van der Waals surface area contributed by atoms with E-state index < -0.39 is 6.10 Å². The lowest BCUT2D eigenvalue weighted by atomic mass is 10.0. The number of aliphatic hydroxyl groups excluding tert-OH is 1. The molecule has 0 saturated carbocycles. The minimum Gasteiger partial charge on any atom is -0.458 e. The number of aliphatic hydroxyl groups is 1. The summed E-state index contributed by atoms with van der Waals surface area (Å²) in [7, 11) is 0. The summed E-state index contributed by atoms with van der Waals surface area (Å²) in [5, 5.41) is 11.4. The van der Waals surface area contributed by atoms with Gasteiger partial charge >= 0.3 is 0 Å². The van der Waals surface area contributed by atoms with Gasteiger partial charge in [-0.15, -0.1) is 0 Å². The van der Waals surface area contributed by atoms with Gasteiger partial charge in [-0.2, -0.15) is 0 Å². The zero-order chi connectivity index (χ0) is 13.4. The standard InChI is InChI=1S/C16H21NO2/c1-11-8-17(9-12(11)2)10-14(18)16-7-13-5-3-4-6-15(13)19-16/h3-7,11-12,14,18H,8-10H2,1-2H3. The summed E-state index contributed by atoms with van der Waals surface area (Å²) in [5.41, 5.74) is 0.847. The Morgan fingerprint density at radius 2 is 1.95 bits per heavy atom. The van der Waals surface area contributed by atoms with Crippen LogP contribution in [0.25, 0.3) is 11.0 Å². The Labute approximate surface area is 113 Å². The summed E-state index contributed by atoms with van der Waals surface area (Å²) < 4.78 is 5.72. The first kappa shape index (κ1) is 12.7. The third-order valence-corrected chi connectivity index (χ3v) is 4.27. The van der Waals surface area contributed by atoms with Crippen molar-refractivity contribution in [2.24, 2.45) is 11.8 Å². The van der Waals surface area contributed by atoms with Crippen LogP contribution >= 0.6 is 0 Å². The smallest absolute Gasteiger partial charge is 0.135 e. The van der Waals surface area contributed by atoms with Crippen LogP contribution in [0.2, 0.25) is 0 Å². The Kier molecular flexibility index (Phi) is 3.33. The van der Waals surface area contributed by atoms with Gasteiger partial charge in [-0.1, -0.05) is 32.0 Å². The average molecular weight is 259 g/mol. The van der Waals surface area contributed by atoms with Gasteiger partial charge in [-0.3, -0.25) is 4.90 Å². The lowest BCUT2D eigenvalue weighted by Crippen LogP contribution is -2.26. The minimum absolute atomic E-state index is 0.537. The molecule has 0 aliphatic carbocycles. The maximum atomic E-state index is 10.3. The van der Waals surface area contributed by atoms with Crippen molar-refractivity contribution >= 4 is 11.0 Å². The van der Waals surface area contributed by atoms with E-state index >= 15 is 0 Å². The van der Waals surface area contributed by atoms with Crippen LogP contribution in [0.5, 0.6) is 0 Å². The molecule has 2 aromatic rings. The second-order valence-electron chi connectivity index (χ2n) is 5.88. The predicted octanol–water partition coefficient (Wildman–Crippen LogP) is 3.05. The molecule has 0 radical (unpaired) electrons. The zero-order valence-corrected chi connectivity index (χ0v) is 11.5. The van der Waals surface area contributed by atoms with Crippen LogP contribution in [0.15, 0.2) is 34.7 Å². The third kappa shape index (κ3) is 2.53. The number of hydrogen-bond donors (Lipinski definition) is 1. The van der Waals surface area contributed by atoms with E-state index in [1.807, 2.05) is 30.3 Å². The first-order chi connectivity index (χ1) is 9.13. The average Bonchev–Trinajstić information content (AvgIpc) is 2.93. The molecule has 1 aliphatic rings. The molecule has 2 heterocycles. The molecule has 0 spiro atoms. The molecule has 1 fully saturated rings. The molecular weight excluding hydrogens is 238 g/mol. The number of para-hydroxylation sites is 1. The number of rotatable bonds is 3. The SMILES string of the molecule is CC1CN(CC(O)c2cc3ccccc3o2)CC1C. The van der Waals surface area contributed by atoms with Crippen molar-refractivity contribution in [3.8, 4) is 0 Å². The molecule has 3 rings (SSSR count). The number of likely N-dealkylation sites (tertiary alicyclic amines) is 1. The van der Waals surface area contributed by atoms with Crippen LogP contribution in [-0.2, 0) is 0 Å². The van der Waals surface area contributed by atoms with E-state index in [0.717, 1.165) is 24.1 Å². The van der Waals surface area contributed by atoms with Crippen molar-refractivity contribution in [2.75, 3.05) is 19.6 Å². The molecule has 0 bridgehead atoms. The van der Waals surface area contributed by atoms with Gasteiger partial charge in [0.05, 0.1) is 0 Å². The third-order valence-electron chi connectivity index (χ3n) is 4.27. The van der Waals surface area contributed by atoms with Crippen molar-refractivity contribution < 1.29 is 9.52 Å². The maximum absolute atomic E-state index is 10.3. The molecule has 3 unspecified atom stereocenters. The van der Waals surface area contributed by atoms with Crippen LogP contribution in [0, 0.1) is 11.8 Å². The van der Waals surface area contributed by atoms with E-state index in [2.05, 4.69) is 18.7 Å². The van der Waals surface area contributed by atoms with Crippen molar-refractivity contribution in [3.63, 3.8) is 0 Å². The molecule has 19 heavy (non-hydrogen) atoms. The van der Waals surface area contributed by atoms with Gasteiger partial charge in [0.2, 0.25) is 0 Å². The van der Waals surface area contributed by atoms with Gasteiger partial charge in [0.25, 0.3) is 0 Å². The first-order valence-corrected chi connectivity index (χ1v) is 7.02. The molecule has 1 aliphatic heterocycles. The molecular formula is C16H21NO2. The van der Waals surface area contributed by atoms with Crippen molar-refractivity contribution in [1.82, 2.24) is 4.90 Å². The van der Waals surface area contributed by atoms with Crippen molar-refractivity contribution in [3.05, 3.63) is 36.1 Å². The fourth-order valence-electron chi connectivity index (χ4n) is 2.90. The number of hydrogen-bond acceptors (Lipinski definition) is 3.